The smallest absolute Gasteiger partial charge is 0.297 e. The van der Waals surface area contributed by atoms with Gasteiger partial charge >= 0.3 is 0 Å². The third-order valence-corrected chi connectivity index (χ3v) is 5.19. The third-order valence-electron chi connectivity index (χ3n) is 5.19. The van der Waals surface area contributed by atoms with Crippen molar-refractivity contribution in [1.29, 1.82) is 0 Å². The van der Waals surface area contributed by atoms with E-state index in [4.69, 9.17) is 14.7 Å². The van der Waals surface area contributed by atoms with Crippen LogP contribution in [-0.2, 0) is 27.5 Å². The molecule has 2 amide bonds. The highest BCUT2D eigenvalue weighted by Crippen LogP contribution is 2.29. The van der Waals surface area contributed by atoms with Crippen molar-refractivity contribution in [3.05, 3.63) is 83.8 Å². The van der Waals surface area contributed by atoms with Gasteiger partial charge in [0, 0.05) is 19.7 Å². The first kappa shape index (κ1) is 25.5. The Balaban J connectivity index is 1.95. The van der Waals surface area contributed by atoms with Crippen LogP contribution >= 0.6 is 0 Å². The summed E-state index contributed by atoms with van der Waals surface area (Å²) >= 11 is 0. The van der Waals surface area contributed by atoms with E-state index in [2.05, 4.69) is 16.9 Å². The summed E-state index contributed by atoms with van der Waals surface area (Å²) in [7, 11) is 1.45. The maximum Gasteiger partial charge on any atom is 0.297 e. The normalized spacial score (nSPS) is 15.8. The molecule has 0 spiro atoms. The summed E-state index contributed by atoms with van der Waals surface area (Å²) in [4.78, 5) is 30.8. The molecule has 1 heterocycles. The quantitative estimate of drug-likeness (QED) is 0.182. The van der Waals surface area contributed by atoms with Gasteiger partial charge in [-0.2, -0.15) is 9.87 Å². The molecule has 3 rings (SSSR count). The highest BCUT2D eigenvalue weighted by molar-refractivity contribution is 5.93. The van der Waals surface area contributed by atoms with Crippen molar-refractivity contribution in [3.8, 4) is 11.5 Å². The van der Waals surface area contributed by atoms with Gasteiger partial charge in [-0.3, -0.25) is 9.59 Å². The van der Waals surface area contributed by atoms with Crippen molar-refractivity contribution in [2.45, 2.75) is 32.6 Å². The molecule has 0 radical (unpaired) electrons. The van der Waals surface area contributed by atoms with E-state index < -0.39 is 18.6 Å². The molecule has 0 bridgehead atoms. The van der Waals surface area contributed by atoms with Gasteiger partial charge in [-0.05, 0) is 35.8 Å². The zero-order chi connectivity index (χ0) is 25.4. The van der Waals surface area contributed by atoms with Gasteiger partial charge in [0.25, 0.3) is 18.6 Å². The average Bonchev–Trinajstić information content (AvgIpc) is 3.21. The highest BCUT2D eigenvalue weighted by atomic mass is 19.1. The summed E-state index contributed by atoms with van der Waals surface area (Å²) in [5.41, 5.74) is 3.85. The Morgan fingerprint density at radius 3 is 2.60 bits per heavy atom. The van der Waals surface area contributed by atoms with E-state index in [0.29, 0.717) is 12.2 Å². The monoisotopic (exact) mass is 486 g/mol. The number of nitrogens with zero attached hydrogens (tertiary/aromatic N) is 2. The zero-order valence-corrected chi connectivity index (χ0v) is 19.3. The molecule has 1 aliphatic heterocycles. The molecule has 0 aromatic heterocycles. The van der Waals surface area contributed by atoms with Gasteiger partial charge < -0.3 is 24.6 Å². The standard InChI is InChI=1S/C24H27FN4O6/c1-4-16-9-11-17(12-10-16)14-29-21(23(31)27-35-32)22(28(3)15-30)26-24(29)34-19-8-6-7-18(13-19)33-20(25)5-2/h5-13,15,20,24,26,32H,2,4,14H2,1,3H3,(H,27,31)/t20-,24?/m1/s1. The maximum absolute atomic E-state index is 13.6. The molecule has 0 saturated carbocycles. The molecule has 0 saturated heterocycles. The molecule has 2 aromatic rings. The van der Waals surface area contributed by atoms with Crippen LogP contribution in [0.4, 0.5) is 4.39 Å². The molecule has 1 unspecified atom stereocenters. The highest BCUT2D eigenvalue weighted by Gasteiger charge is 2.39. The molecular formula is C24H27FN4O6. The van der Waals surface area contributed by atoms with Crippen LogP contribution in [0.25, 0.3) is 0 Å². The molecule has 2 atom stereocenters. The number of amides is 2. The number of halogens is 1. The van der Waals surface area contributed by atoms with E-state index in [-0.39, 0.29) is 23.8 Å². The van der Waals surface area contributed by atoms with Crippen molar-refractivity contribution in [2.75, 3.05) is 7.05 Å². The SMILES string of the molecule is C=C[C@H](F)Oc1cccc(OC2NC(N(C)C=O)=C(C(=O)NOO)N2Cc2ccc(CC)cc2)c1. The predicted molar refractivity (Wildman–Crippen MR) is 124 cm³/mol. The van der Waals surface area contributed by atoms with Crippen LogP contribution < -0.4 is 20.3 Å². The molecule has 0 aliphatic carbocycles. The van der Waals surface area contributed by atoms with E-state index >= 15 is 0 Å². The molecule has 186 valence electrons. The van der Waals surface area contributed by atoms with Crippen LogP contribution in [0.3, 0.4) is 0 Å². The van der Waals surface area contributed by atoms with Gasteiger partial charge in [-0.25, -0.2) is 5.26 Å². The fourth-order valence-corrected chi connectivity index (χ4v) is 3.43. The lowest BCUT2D eigenvalue weighted by Gasteiger charge is -2.28. The Labute approximate surface area is 202 Å². The Morgan fingerprint density at radius 2 is 1.97 bits per heavy atom. The number of carbonyl (C=O) groups excluding carboxylic acids is 2. The average molecular weight is 487 g/mol. The summed E-state index contributed by atoms with van der Waals surface area (Å²) in [5, 5.41) is 11.8. The second-order valence-electron chi connectivity index (χ2n) is 7.53. The van der Waals surface area contributed by atoms with Crippen molar-refractivity contribution < 1.29 is 33.7 Å². The van der Waals surface area contributed by atoms with Crippen molar-refractivity contribution in [1.82, 2.24) is 20.6 Å². The summed E-state index contributed by atoms with van der Waals surface area (Å²) in [6.45, 7) is 5.59. The van der Waals surface area contributed by atoms with Crippen LogP contribution in [0.15, 0.2) is 72.7 Å². The lowest BCUT2D eigenvalue weighted by molar-refractivity contribution is -0.284. The topological polar surface area (TPSA) is 113 Å². The lowest BCUT2D eigenvalue weighted by Crippen LogP contribution is -2.44. The van der Waals surface area contributed by atoms with E-state index in [0.717, 1.165) is 28.5 Å². The minimum absolute atomic E-state index is 0.0129. The second kappa shape index (κ2) is 11.9. The minimum Gasteiger partial charge on any atom is -0.457 e. The van der Waals surface area contributed by atoms with Crippen LogP contribution in [0.1, 0.15) is 18.1 Å². The Bertz CT molecular complexity index is 1080. The van der Waals surface area contributed by atoms with Crippen LogP contribution in [-0.4, -0.2) is 47.1 Å². The predicted octanol–water partition coefficient (Wildman–Crippen LogP) is 2.66. The first-order valence-electron chi connectivity index (χ1n) is 10.7. The number of carbonyl (C=O) groups is 2. The van der Waals surface area contributed by atoms with E-state index in [9.17, 15) is 14.0 Å². The molecule has 10 nitrogen and oxygen atoms in total. The van der Waals surface area contributed by atoms with Crippen LogP contribution in [0.2, 0.25) is 0 Å². The van der Waals surface area contributed by atoms with Crippen molar-refractivity contribution >= 4 is 12.3 Å². The van der Waals surface area contributed by atoms with Crippen LogP contribution in [0.5, 0.6) is 11.5 Å². The Hall–Kier alpha value is -4.09. The zero-order valence-electron chi connectivity index (χ0n) is 19.3. The Morgan fingerprint density at radius 1 is 1.29 bits per heavy atom. The third kappa shape index (κ3) is 6.28. The first-order valence-corrected chi connectivity index (χ1v) is 10.7. The molecule has 3 N–H and O–H groups in total. The van der Waals surface area contributed by atoms with Gasteiger partial charge in [0.2, 0.25) is 6.41 Å². The van der Waals surface area contributed by atoms with Gasteiger partial charge in [0.1, 0.15) is 17.3 Å². The largest absolute Gasteiger partial charge is 0.457 e. The van der Waals surface area contributed by atoms with E-state index in [1.165, 1.54) is 13.1 Å². The molecular weight excluding hydrogens is 459 g/mol. The van der Waals surface area contributed by atoms with Gasteiger partial charge in [0.05, 0.1) is 0 Å². The number of nitrogens with one attached hydrogen (secondary N) is 2. The maximum atomic E-state index is 13.6. The number of aryl methyl sites for hydroxylation is 1. The number of hydroxylamine groups is 1. The van der Waals surface area contributed by atoms with Gasteiger partial charge in [-0.1, -0.05) is 43.8 Å². The molecule has 2 aromatic carbocycles. The van der Waals surface area contributed by atoms with Gasteiger partial charge in [0.15, 0.2) is 5.70 Å². The number of hydrogen-bond donors (Lipinski definition) is 3. The van der Waals surface area contributed by atoms with Gasteiger partial charge in [-0.15, -0.1) is 4.99 Å². The summed E-state index contributed by atoms with van der Waals surface area (Å²) in [6, 6.07) is 14.1. The van der Waals surface area contributed by atoms with Crippen molar-refractivity contribution in [2.24, 2.45) is 0 Å². The molecule has 35 heavy (non-hydrogen) atoms. The number of rotatable bonds is 12. The summed E-state index contributed by atoms with van der Waals surface area (Å²) in [5.74, 6) is -0.189. The Kier molecular flexibility index (Phi) is 8.65. The number of ether oxygens (including phenoxy) is 2. The number of benzene rings is 2. The fourth-order valence-electron chi connectivity index (χ4n) is 3.43. The first-order chi connectivity index (χ1) is 16.9. The van der Waals surface area contributed by atoms with E-state index in [1.807, 2.05) is 36.7 Å². The van der Waals surface area contributed by atoms with E-state index in [1.54, 1.807) is 23.1 Å². The summed E-state index contributed by atoms with van der Waals surface area (Å²) in [6.07, 6.45) is -0.264. The summed E-state index contributed by atoms with van der Waals surface area (Å²) < 4.78 is 24.8. The molecule has 11 heteroatoms. The molecule has 1 aliphatic rings. The van der Waals surface area contributed by atoms with Crippen LogP contribution in [0, 0.1) is 0 Å². The minimum atomic E-state index is -1.69. The second-order valence-corrected chi connectivity index (χ2v) is 7.53. The fraction of sp³-hybridized carbons (Fsp3) is 0.250. The lowest BCUT2D eigenvalue weighted by atomic mass is 10.1. The molecule has 0 fully saturated rings. The number of hydrogen-bond acceptors (Lipinski definition) is 8. The number of alkyl halides is 1. The van der Waals surface area contributed by atoms with Crippen molar-refractivity contribution in [3.63, 3.8) is 0 Å².